The van der Waals surface area contributed by atoms with E-state index in [0.717, 1.165) is 24.2 Å². The van der Waals surface area contributed by atoms with Crippen LogP contribution in [-0.2, 0) is 6.54 Å². The van der Waals surface area contributed by atoms with Crippen LogP contribution in [0.3, 0.4) is 0 Å². The van der Waals surface area contributed by atoms with Gasteiger partial charge in [0.2, 0.25) is 0 Å². The number of carbonyl (C=O) groups is 1. The molecule has 0 aliphatic carbocycles. The highest BCUT2D eigenvalue weighted by Crippen LogP contribution is 2.21. The quantitative estimate of drug-likeness (QED) is 0.660. The smallest absolute Gasteiger partial charge is 0.255 e. The summed E-state index contributed by atoms with van der Waals surface area (Å²) in [5, 5.41) is 0. The van der Waals surface area contributed by atoms with Crippen LogP contribution in [0, 0.1) is 10.5 Å². The molecule has 1 aromatic heterocycles. The molecule has 0 atom stereocenters. The van der Waals surface area contributed by atoms with Crippen molar-refractivity contribution in [2.75, 3.05) is 7.05 Å². The van der Waals surface area contributed by atoms with Gasteiger partial charge in [-0.25, -0.2) is 4.98 Å². The van der Waals surface area contributed by atoms with E-state index in [9.17, 15) is 4.79 Å². The number of thiazole rings is 1. The first-order chi connectivity index (χ1) is 8.99. The molecule has 2 rings (SSSR count). The van der Waals surface area contributed by atoms with E-state index in [2.05, 4.69) is 43.5 Å². The molecule has 1 heterocycles. The molecule has 0 N–H and O–H groups in total. The van der Waals surface area contributed by atoms with Crippen LogP contribution in [0.25, 0.3) is 0 Å². The second kappa shape index (κ2) is 6.32. The third-order valence-corrected chi connectivity index (χ3v) is 5.08. The maximum atomic E-state index is 12.4. The standard InChI is InChI=1S/C13H12BrIN2OS/c1-8-12(19-7-16-8)6-17(2)13(18)10-5-9(14)3-4-11(10)15/h3-5,7H,6H2,1-2H3. The van der Waals surface area contributed by atoms with Crippen LogP contribution in [0.4, 0.5) is 0 Å². The van der Waals surface area contributed by atoms with Crippen LogP contribution in [0.5, 0.6) is 0 Å². The molecular formula is C13H12BrIN2OS. The predicted octanol–water partition coefficient (Wildman–Crippen LogP) is 4.09. The fraction of sp³-hybridized carbons (Fsp3) is 0.231. The summed E-state index contributed by atoms with van der Waals surface area (Å²) in [5.74, 6) is 0.0264. The Morgan fingerprint density at radius 3 is 2.89 bits per heavy atom. The summed E-state index contributed by atoms with van der Waals surface area (Å²) in [7, 11) is 1.82. The van der Waals surface area contributed by atoms with Crippen molar-refractivity contribution in [3.8, 4) is 0 Å². The summed E-state index contributed by atoms with van der Waals surface area (Å²) in [5.41, 5.74) is 3.53. The van der Waals surface area contributed by atoms with Crippen LogP contribution in [-0.4, -0.2) is 22.8 Å². The number of amides is 1. The van der Waals surface area contributed by atoms with Crippen LogP contribution >= 0.6 is 49.9 Å². The van der Waals surface area contributed by atoms with Crippen molar-refractivity contribution in [1.29, 1.82) is 0 Å². The van der Waals surface area contributed by atoms with Crippen molar-refractivity contribution in [3.05, 3.63) is 47.9 Å². The fourth-order valence-electron chi connectivity index (χ4n) is 1.63. The SMILES string of the molecule is Cc1ncsc1CN(C)C(=O)c1cc(Br)ccc1I. The molecule has 1 amide bonds. The minimum Gasteiger partial charge on any atom is -0.336 e. The van der Waals surface area contributed by atoms with E-state index in [1.54, 1.807) is 16.2 Å². The molecule has 0 fully saturated rings. The Kier molecular flexibility index (Phi) is 4.97. The molecule has 0 aliphatic rings. The maximum Gasteiger partial charge on any atom is 0.255 e. The first-order valence-corrected chi connectivity index (χ1v) is 8.33. The average Bonchev–Trinajstić information content (AvgIpc) is 2.77. The molecule has 0 saturated carbocycles. The van der Waals surface area contributed by atoms with Crippen molar-refractivity contribution in [2.24, 2.45) is 0 Å². The molecule has 19 heavy (non-hydrogen) atoms. The van der Waals surface area contributed by atoms with E-state index >= 15 is 0 Å². The molecule has 0 bridgehead atoms. The number of benzene rings is 1. The number of rotatable bonds is 3. The molecule has 0 saturated heterocycles. The van der Waals surface area contributed by atoms with E-state index in [0.29, 0.717) is 6.54 Å². The van der Waals surface area contributed by atoms with E-state index in [-0.39, 0.29) is 5.91 Å². The number of carbonyl (C=O) groups excluding carboxylic acids is 1. The highest BCUT2D eigenvalue weighted by molar-refractivity contribution is 14.1. The van der Waals surface area contributed by atoms with E-state index in [1.807, 2.05) is 37.7 Å². The normalized spacial score (nSPS) is 10.5. The Morgan fingerprint density at radius 1 is 1.53 bits per heavy atom. The molecular weight excluding hydrogens is 439 g/mol. The first-order valence-electron chi connectivity index (χ1n) is 5.58. The second-order valence-electron chi connectivity index (χ2n) is 4.15. The second-order valence-corrected chi connectivity index (χ2v) is 7.16. The molecule has 0 spiro atoms. The van der Waals surface area contributed by atoms with Crippen LogP contribution < -0.4 is 0 Å². The minimum absolute atomic E-state index is 0.0264. The van der Waals surface area contributed by atoms with Gasteiger partial charge in [-0.05, 0) is 47.7 Å². The van der Waals surface area contributed by atoms with Crippen molar-refractivity contribution in [1.82, 2.24) is 9.88 Å². The summed E-state index contributed by atoms with van der Waals surface area (Å²) < 4.78 is 1.87. The Morgan fingerprint density at radius 2 is 2.26 bits per heavy atom. The summed E-state index contributed by atoms with van der Waals surface area (Å²) in [6.07, 6.45) is 0. The number of hydrogen-bond acceptors (Lipinski definition) is 3. The Labute approximate surface area is 138 Å². The molecule has 1 aromatic carbocycles. The lowest BCUT2D eigenvalue weighted by Gasteiger charge is -2.17. The van der Waals surface area contributed by atoms with Gasteiger partial charge in [0.15, 0.2) is 0 Å². The number of halogens is 2. The highest BCUT2D eigenvalue weighted by atomic mass is 127. The van der Waals surface area contributed by atoms with Gasteiger partial charge >= 0.3 is 0 Å². The molecule has 0 unspecified atom stereocenters. The van der Waals surface area contributed by atoms with Gasteiger partial charge in [-0.15, -0.1) is 11.3 Å². The van der Waals surface area contributed by atoms with Gasteiger partial charge in [0.1, 0.15) is 0 Å². The van der Waals surface area contributed by atoms with Gasteiger partial charge in [-0.1, -0.05) is 15.9 Å². The van der Waals surface area contributed by atoms with Gasteiger partial charge in [0.25, 0.3) is 5.91 Å². The Bertz CT molecular complexity index is 614. The summed E-state index contributed by atoms with van der Waals surface area (Å²) in [4.78, 5) is 19.5. The third kappa shape index (κ3) is 3.55. The maximum absolute atomic E-state index is 12.4. The molecule has 3 nitrogen and oxygen atoms in total. The van der Waals surface area contributed by atoms with E-state index in [1.165, 1.54) is 0 Å². The summed E-state index contributed by atoms with van der Waals surface area (Å²) in [6, 6.07) is 5.73. The number of nitrogens with zero attached hydrogens (tertiary/aromatic N) is 2. The first kappa shape index (κ1) is 14.9. The van der Waals surface area contributed by atoms with Crippen LogP contribution in [0.2, 0.25) is 0 Å². The summed E-state index contributed by atoms with van der Waals surface area (Å²) >= 11 is 7.17. The zero-order valence-corrected chi connectivity index (χ0v) is 15.0. The van der Waals surface area contributed by atoms with Crippen molar-refractivity contribution in [3.63, 3.8) is 0 Å². The molecule has 2 aromatic rings. The van der Waals surface area contributed by atoms with Crippen LogP contribution in [0.15, 0.2) is 28.2 Å². The monoisotopic (exact) mass is 450 g/mol. The Hall–Kier alpha value is -0.470. The van der Waals surface area contributed by atoms with Crippen LogP contribution in [0.1, 0.15) is 20.9 Å². The molecule has 0 radical (unpaired) electrons. The topological polar surface area (TPSA) is 33.2 Å². The van der Waals surface area contributed by atoms with Gasteiger partial charge in [0, 0.05) is 20.0 Å². The van der Waals surface area contributed by atoms with Crippen molar-refractivity contribution >= 4 is 55.8 Å². The lowest BCUT2D eigenvalue weighted by atomic mass is 10.2. The molecule has 6 heteroatoms. The van der Waals surface area contributed by atoms with E-state index < -0.39 is 0 Å². The van der Waals surface area contributed by atoms with Gasteiger partial charge in [0.05, 0.1) is 23.3 Å². The lowest BCUT2D eigenvalue weighted by molar-refractivity contribution is 0.0785. The van der Waals surface area contributed by atoms with Gasteiger partial charge in [-0.3, -0.25) is 4.79 Å². The third-order valence-electron chi connectivity index (χ3n) is 2.73. The number of aryl methyl sites for hydroxylation is 1. The molecule has 0 aliphatic heterocycles. The number of hydrogen-bond donors (Lipinski definition) is 0. The minimum atomic E-state index is 0.0264. The summed E-state index contributed by atoms with van der Waals surface area (Å²) in [6.45, 7) is 2.56. The zero-order valence-electron chi connectivity index (χ0n) is 10.5. The van der Waals surface area contributed by atoms with Crippen molar-refractivity contribution in [2.45, 2.75) is 13.5 Å². The van der Waals surface area contributed by atoms with E-state index in [4.69, 9.17) is 0 Å². The number of aromatic nitrogens is 1. The zero-order chi connectivity index (χ0) is 14.0. The van der Waals surface area contributed by atoms with Gasteiger partial charge in [-0.2, -0.15) is 0 Å². The van der Waals surface area contributed by atoms with Crippen molar-refractivity contribution < 1.29 is 4.79 Å². The van der Waals surface area contributed by atoms with Gasteiger partial charge < -0.3 is 4.90 Å². The lowest BCUT2D eigenvalue weighted by Crippen LogP contribution is -2.26. The highest BCUT2D eigenvalue weighted by Gasteiger charge is 2.16. The average molecular weight is 451 g/mol. The predicted molar refractivity (Wildman–Crippen MR) is 89.5 cm³/mol. The largest absolute Gasteiger partial charge is 0.336 e. The Balaban J connectivity index is 2.19. The fourth-order valence-corrected chi connectivity index (χ4v) is 3.39. The molecule has 100 valence electrons.